The van der Waals surface area contributed by atoms with Crippen molar-refractivity contribution in [2.45, 2.75) is 43.7 Å². The maximum absolute atomic E-state index is 6.33. The van der Waals surface area contributed by atoms with E-state index in [2.05, 4.69) is 29.3 Å². The van der Waals surface area contributed by atoms with Gasteiger partial charge < -0.3 is 0 Å². The zero-order valence-electron chi connectivity index (χ0n) is 9.98. The summed E-state index contributed by atoms with van der Waals surface area (Å²) in [4.78, 5) is 6.33. The van der Waals surface area contributed by atoms with Crippen LogP contribution in [-0.2, 0) is 11.3 Å². The van der Waals surface area contributed by atoms with Crippen LogP contribution in [0.3, 0.4) is 0 Å². The van der Waals surface area contributed by atoms with E-state index in [0.717, 1.165) is 13.0 Å². The maximum Gasteiger partial charge on any atom is 0.0977 e. The van der Waals surface area contributed by atoms with Gasteiger partial charge in [-0.25, -0.2) is 0 Å². The van der Waals surface area contributed by atoms with E-state index in [-0.39, 0.29) is 5.60 Å². The number of benzene rings is 1. The molecular formula is C15H17NO. The average molecular weight is 227 g/mol. The van der Waals surface area contributed by atoms with Crippen LogP contribution in [0.2, 0.25) is 0 Å². The highest BCUT2D eigenvalue weighted by molar-refractivity contribution is 5.39. The highest BCUT2D eigenvalue weighted by atomic mass is 16.7. The van der Waals surface area contributed by atoms with Crippen LogP contribution in [0.4, 0.5) is 0 Å². The molecule has 17 heavy (non-hydrogen) atoms. The van der Waals surface area contributed by atoms with E-state index in [0.29, 0.717) is 11.5 Å². The summed E-state index contributed by atoms with van der Waals surface area (Å²) in [6.07, 6.45) is 6.49. The Morgan fingerprint density at radius 3 is 2.71 bits per heavy atom. The van der Waals surface area contributed by atoms with Crippen LogP contribution in [-0.4, -0.2) is 17.2 Å². The van der Waals surface area contributed by atoms with Gasteiger partial charge in [-0.15, -0.1) is 0 Å². The first kappa shape index (κ1) is 9.12. The Hall–Kier alpha value is -0.860. The summed E-state index contributed by atoms with van der Waals surface area (Å²) >= 11 is 0. The summed E-state index contributed by atoms with van der Waals surface area (Å²) in [7, 11) is 0. The fourth-order valence-corrected chi connectivity index (χ4v) is 4.35. The number of hydrogen-bond donors (Lipinski definition) is 0. The summed E-state index contributed by atoms with van der Waals surface area (Å²) in [6, 6.07) is 9.57. The van der Waals surface area contributed by atoms with Gasteiger partial charge in [0.05, 0.1) is 11.6 Å². The third-order valence-corrected chi connectivity index (χ3v) is 5.45. The molecule has 2 aliphatic carbocycles. The van der Waals surface area contributed by atoms with Crippen molar-refractivity contribution in [1.29, 1.82) is 0 Å². The zero-order chi connectivity index (χ0) is 11.1. The molecular weight excluding hydrogens is 210 g/mol. The van der Waals surface area contributed by atoms with E-state index in [9.17, 15) is 0 Å². The van der Waals surface area contributed by atoms with Gasteiger partial charge >= 0.3 is 0 Å². The predicted molar refractivity (Wildman–Crippen MR) is 64.3 cm³/mol. The highest BCUT2D eigenvalue weighted by Crippen LogP contribution is 2.76. The Balaban J connectivity index is 1.70. The lowest BCUT2D eigenvalue weighted by atomic mass is 9.80. The summed E-state index contributed by atoms with van der Waals surface area (Å²) < 4.78 is 0. The van der Waals surface area contributed by atoms with Gasteiger partial charge in [0.1, 0.15) is 0 Å². The summed E-state index contributed by atoms with van der Waals surface area (Å²) in [5, 5.41) is 2.32. The van der Waals surface area contributed by atoms with Gasteiger partial charge in [-0.2, -0.15) is 5.06 Å². The van der Waals surface area contributed by atoms with Crippen molar-refractivity contribution in [2.75, 3.05) is 6.54 Å². The second-order valence-corrected chi connectivity index (χ2v) is 6.23. The minimum Gasteiger partial charge on any atom is -0.291 e. The predicted octanol–water partition coefficient (Wildman–Crippen LogP) is 2.84. The van der Waals surface area contributed by atoms with Gasteiger partial charge in [-0.05, 0) is 43.2 Å². The normalized spacial score (nSPS) is 34.7. The molecule has 0 radical (unpaired) electrons. The summed E-state index contributed by atoms with van der Waals surface area (Å²) in [5.41, 5.74) is 3.86. The standard InChI is InChI=1S/C15H17NO/c1-2-4-12-11(3-1)5-10-16-13(12)14(6-7-14)15(17-16)8-9-15/h1-4,13H,5-10H2. The molecule has 1 saturated heterocycles. The van der Waals surface area contributed by atoms with Crippen LogP contribution >= 0.6 is 0 Å². The van der Waals surface area contributed by atoms with Crippen molar-refractivity contribution in [3.8, 4) is 0 Å². The number of nitrogens with zero attached hydrogens (tertiary/aromatic N) is 1. The fraction of sp³-hybridized carbons (Fsp3) is 0.600. The van der Waals surface area contributed by atoms with Gasteiger partial charge in [-0.3, -0.25) is 4.84 Å². The molecule has 4 aliphatic rings. The molecule has 1 aromatic rings. The largest absolute Gasteiger partial charge is 0.291 e. The van der Waals surface area contributed by atoms with Crippen molar-refractivity contribution in [3.63, 3.8) is 0 Å². The molecule has 88 valence electrons. The van der Waals surface area contributed by atoms with Crippen molar-refractivity contribution < 1.29 is 4.84 Å². The Morgan fingerprint density at radius 1 is 1.12 bits per heavy atom. The molecule has 2 heteroatoms. The third kappa shape index (κ3) is 0.926. The minimum atomic E-state index is 0.259. The van der Waals surface area contributed by atoms with Crippen LogP contribution in [0, 0.1) is 5.41 Å². The molecule has 0 N–H and O–H groups in total. The molecule has 2 aliphatic heterocycles. The van der Waals surface area contributed by atoms with Crippen molar-refractivity contribution in [2.24, 2.45) is 5.41 Å². The smallest absolute Gasteiger partial charge is 0.0977 e. The van der Waals surface area contributed by atoms with Gasteiger partial charge in [0, 0.05) is 12.0 Å². The molecule has 2 saturated carbocycles. The number of hydrogen-bond acceptors (Lipinski definition) is 2. The minimum absolute atomic E-state index is 0.259. The first-order valence-electron chi connectivity index (χ1n) is 6.88. The molecule has 1 unspecified atom stereocenters. The average Bonchev–Trinajstić information content (AvgIpc) is 3.20. The third-order valence-electron chi connectivity index (χ3n) is 5.45. The lowest BCUT2D eigenvalue weighted by Crippen LogP contribution is -2.32. The second-order valence-electron chi connectivity index (χ2n) is 6.23. The Kier molecular flexibility index (Phi) is 1.39. The maximum atomic E-state index is 6.33. The molecule has 1 aromatic carbocycles. The Labute approximate surface area is 102 Å². The van der Waals surface area contributed by atoms with Crippen LogP contribution in [0.15, 0.2) is 24.3 Å². The van der Waals surface area contributed by atoms with Gasteiger partial charge in [0.15, 0.2) is 0 Å². The van der Waals surface area contributed by atoms with E-state index in [1.165, 1.54) is 25.7 Å². The van der Waals surface area contributed by atoms with Crippen molar-refractivity contribution >= 4 is 0 Å². The van der Waals surface area contributed by atoms with Gasteiger partial charge in [-0.1, -0.05) is 24.3 Å². The SMILES string of the molecule is c1ccc2c(c1)CCN1OC3(CC3)C3(CC3)C21. The molecule has 5 rings (SSSR count). The molecule has 0 aromatic heterocycles. The molecule has 0 bridgehead atoms. The first-order valence-corrected chi connectivity index (χ1v) is 6.88. The van der Waals surface area contributed by atoms with Gasteiger partial charge in [0.2, 0.25) is 0 Å². The Bertz CT molecular complexity index is 501. The van der Waals surface area contributed by atoms with Gasteiger partial charge in [0.25, 0.3) is 0 Å². The van der Waals surface area contributed by atoms with Crippen molar-refractivity contribution in [3.05, 3.63) is 35.4 Å². The lowest BCUT2D eigenvalue weighted by Gasteiger charge is -2.32. The van der Waals surface area contributed by atoms with Crippen LogP contribution in [0.1, 0.15) is 42.9 Å². The molecule has 1 atom stereocenters. The molecule has 0 amide bonds. The van der Waals surface area contributed by atoms with E-state index >= 15 is 0 Å². The zero-order valence-corrected chi connectivity index (χ0v) is 9.98. The number of rotatable bonds is 0. The quantitative estimate of drug-likeness (QED) is 0.675. The molecule has 2 heterocycles. The van der Waals surface area contributed by atoms with Crippen LogP contribution in [0.25, 0.3) is 0 Å². The van der Waals surface area contributed by atoms with E-state index in [1.54, 1.807) is 11.1 Å². The molecule has 3 fully saturated rings. The van der Waals surface area contributed by atoms with Crippen molar-refractivity contribution in [1.82, 2.24) is 5.06 Å². The monoisotopic (exact) mass is 227 g/mol. The van der Waals surface area contributed by atoms with Crippen LogP contribution in [0.5, 0.6) is 0 Å². The Morgan fingerprint density at radius 2 is 1.94 bits per heavy atom. The summed E-state index contributed by atoms with van der Waals surface area (Å²) in [5.74, 6) is 0. The summed E-state index contributed by atoms with van der Waals surface area (Å²) in [6.45, 7) is 1.09. The number of fused-ring (bicyclic) bond motifs is 5. The van der Waals surface area contributed by atoms with Crippen LogP contribution < -0.4 is 0 Å². The lowest BCUT2D eigenvalue weighted by molar-refractivity contribution is -0.176. The molecule has 2 nitrogen and oxygen atoms in total. The fourth-order valence-electron chi connectivity index (χ4n) is 4.35. The van der Waals surface area contributed by atoms with E-state index in [4.69, 9.17) is 4.84 Å². The van der Waals surface area contributed by atoms with E-state index < -0.39 is 0 Å². The second kappa shape index (κ2) is 2.60. The number of hydroxylamine groups is 2. The first-order chi connectivity index (χ1) is 8.35. The van der Waals surface area contributed by atoms with E-state index in [1.807, 2.05) is 0 Å². The topological polar surface area (TPSA) is 12.5 Å². The molecule has 2 spiro atoms. The highest BCUT2D eigenvalue weighted by Gasteiger charge is 2.76.